The van der Waals surface area contributed by atoms with Crippen molar-refractivity contribution in [2.75, 3.05) is 76.3 Å². The Morgan fingerprint density at radius 3 is 2.44 bits per heavy atom. The first-order chi connectivity index (χ1) is 20.6. The van der Waals surface area contributed by atoms with Gasteiger partial charge >= 0.3 is 6.18 Å². The zero-order chi connectivity index (χ0) is 30.6. The van der Waals surface area contributed by atoms with Crippen LogP contribution >= 0.6 is 0 Å². The number of benzene rings is 2. The molecule has 3 aromatic rings. The van der Waals surface area contributed by atoms with Gasteiger partial charge in [-0.25, -0.2) is 10.0 Å². The van der Waals surface area contributed by atoms with Gasteiger partial charge < -0.3 is 24.8 Å². The van der Waals surface area contributed by atoms with Crippen molar-refractivity contribution in [1.29, 1.82) is 0 Å². The Hall–Kier alpha value is -3.61. The average molecular weight is 600 g/mol. The first kappa shape index (κ1) is 30.8. The molecule has 0 unspecified atom stereocenters. The molecule has 0 bridgehead atoms. The topological polar surface area (TPSA) is 69.2 Å². The van der Waals surface area contributed by atoms with Gasteiger partial charge in [-0.3, -0.25) is 4.84 Å². The van der Waals surface area contributed by atoms with Crippen molar-refractivity contribution >= 4 is 23.1 Å². The van der Waals surface area contributed by atoms with Crippen LogP contribution in [0.1, 0.15) is 36.4 Å². The van der Waals surface area contributed by atoms with Gasteiger partial charge in [-0.2, -0.15) is 18.2 Å². The van der Waals surface area contributed by atoms with Crippen LogP contribution < -0.4 is 20.0 Å². The smallest absolute Gasteiger partial charge is 0.421 e. The monoisotopic (exact) mass is 599 g/mol. The number of halogens is 3. The summed E-state index contributed by atoms with van der Waals surface area (Å²) in [6.45, 7) is 4.16. The number of hydrogen-bond acceptors (Lipinski definition) is 9. The Morgan fingerprint density at radius 1 is 1.02 bits per heavy atom. The van der Waals surface area contributed by atoms with E-state index in [-0.39, 0.29) is 18.4 Å². The molecule has 0 spiro atoms. The van der Waals surface area contributed by atoms with Gasteiger partial charge in [0, 0.05) is 56.6 Å². The molecule has 1 atom stereocenters. The molecule has 2 aliphatic heterocycles. The third kappa shape index (κ3) is 7.31. The molecule has 12 heteroatoms. The Kier molecular flexibility index (Phi) is 9.58. The van der Waals surface area contributed by atoms with Crippen LogP contribution in [-0.2, 0) is 11.0 Å². The molecule has 9 nitrogen and oxygen atoms in total. The number of alkyl halides is 3. The van der Waals surface area contributed by atoms with Crippen molar-refractivity contribution < 1.29 is 22.7 Å². The van der Waals surface area contributed by atoms with Gasteiger partial charge in [0.1, 0.15) is 11.3 Å². The molecule has 1 aromatic heterocycles. The number of nitrogens with one attached hydrogen (secondary N) is 1. The Balaban J connectivity index is 1.33. The summed E-state index contributed by atoms with van der Waals surface area (Å²) in [5.41, 5.74) is 1.48. The zero-order valence-electron chi connectivity index (χ0n) is 25.1. The fraction of sp³-hybridized carbons (Fsp3) is 0.484. The van der Waals surface area contributed by atoms with Crippen molar-refractivity contribution in [3.63, 3.8) is 0 Å². The highest BCUT2D eigenvalue weighted by molar-refractivity contribution is 5.68. The fourth-order valence-corrected chi connectivity index (χ4v) is 5.69. The summed E-state index contributed by atoms with van der Waals surface area (Å²) >= 11 is 0. The third-order valence-electron chi connectivity index (χ3n) is 8.14. The minimum Gasteiger partial charge on any atom is -0.495 e. The third-order valence-corrected chi connectivity index (χ3v) is 8.14. The number of anilines is 4. The molecule has 0 aliphatic carbocycles. The Bertz CT molecular complexity index is 1350. The number of hydroxylamine groups is 1. The Labute approximate surface area is 251 Å². The summed E-state index contributed by atoms with van der Waals surface area (Å²) < 4.78 is 47.9. The SMILES string of the molecule is COc1cc(Nc2ncc(C(F)(F)F)c(N3OCC[C@H]3c3ccccc3)n2)ccc1N1CCC(N(C)CCN(C)C)CC1. The molecular weight excluding hydrogens is 559 g/mol. The molecule has 2 aliphatic rings. The van der Waals surface area contributed by atoms with Crippen LogP contribution in [0.4, 0.5) is 36.3 Å². The number of rotatable bonds is 10. The van der Waals surface area contributed by atoms with Gasteiger partial charge in [0.2, 0.25) is 5.95 Å². The maximum atomic E-state index is 14.0. The second kappa shape index (κ2) is 13.4. The van der Waals surface area contributed by atoms with Crippen molar-refractivity contribution in [2.45, 2.75) is 37.5 Å². The number of hydrogen-bond donors (Lipinski definition) is 1. The number of piperidine rings is 1. The predicted octanol–water partition coefficient (Wildman–Crippen LogP) is 5.59. The predicted molar refractivity (Wildman–Crippen MR) is 162 cm³/mol. The highest BCUT2D eigenvalue weighted by Gasteiger charge is 2.40. The van der Waals surface area contributed by atoms with Gasteiger partial charge in [0.05, 0.1) is 25.4 Å². The zero-order valence-corrected chi connectivity index (χ0v) is 25.1. The van der Waals surface area contributed by atoms with Gasteiger partial charge in [0.25, 0.3) is 0 Å². The number of likely N-dealkylation sites (N-methyl/N-ethyl adjacent to an activating group) is 2. The lowest BCUT2D eigenvalue weighted by molar-refractivity contribution is -0.138. The van der Waals surface area contributed by atoms with E-state index in [1.165, 1.54) is 5.06 Å². The maximum Gasteiger partial charge on any atom is 0.421 e. The fourth-order valence-electron chi connectivity index (χ4n) is 5.69. The van der Waals surface area contributed by atoms with Crippen molar-refractivity contribution in [3.05, 3.63) is 65.9 Å². The summed E-state index contributed by atoms with van der Waals surface area (Å²) in [5.74, 6) is 0.378. The van der Waals surface area contributed by atoms with E-state index in [1.807, 2.05) is 48.5 Å². The quantitative estimate of drug-likeness (QED) is 0.321. The van der Waals surface area contributed by atoms with Gasteiger partial charge in [-0.05, 0) is 51.7 Å². The van der Waals surface area contributed by atoms with E-state index in [1.54, 1.807) is 7.11 Å². The molecule has 2 aromatic carbocycles. The molecular formula is C31H40F3N7O2. The highest BCUT2D eigenvalue weighted by atomic mass is 19.4. The van der Waals surface area contributed by atoms with Crippen LogP contribution in [0, 0.1) is 0 Å². The van der Waals surface area contributed by atoms with Gasteiger partial charge in [0.15, 0.2) is 5.82 Å². The minimum atomic E-state index is -4.65. The molecule has 2 saturated heterocycles. The van der Waals surface area contributed by atoms with Crippen molar-refractivity contribution in [3.8, 4) is 5.75 Å². The summed E-state index contributed by atoms with van der Waals surface area (Å²) in [7, 11) is 7.99. The van der Waals surface area contributed by atoms with E-state index in [9.17, 15) is 13.2 Å². The van der Waals surface area contributed by atoms with Crippen molar-refractivity contribution in [2.24, 2.45) is 0 Å². The van der Waals surface area contributed by atoms with Crippen LogP contribution in [0.5, 0.6) is 5.75 Å². The molecule has 232 valence electrons. The second-order valence-corrected chi connectivity index (χ2v) is 11.3. The number of aromatic nitrogens is 2. The van der Waals surface area contributed by atoms with Crippen LogP contribution in [0.15, 0.2) is 54.7 Å². The van der Waals surface area contributed by atoms with E-state index in [0.29, 0.717) is 23.9 Å². The molecule has 2 fully saturated rings. The van der Waals surface area contributed by atoms with E-state index in [4.69, 9.17) is 9.57 Å². The molecule has 43 heavy (non-hydrogen) atoms. The van der Waals surface area contributed by atoms with E-state index in [2.05, 4.69) is 51.1 Å². The van der Waals surface area contributed by atoms with Crippen LogP contribution in [0.25, 0.3) is 0 Å². The average Bonchev–Trinajstić information content (AvgIpc) is 3.50. The number of methoxy groups -OCH3 is 1. The molecule has 3 heterocycles. The first-order valence-corrected chi connectivity index (χ1v) is 14.6. The lowest BCUT2D eigenvalue weighted by atomic mass is 10.0. The minimum absolute atomic E-state index is 0.0293. The van der Waals surface area contributed by atoms with Crippen LogP contribution in [0.3, 0.4) is 0 Å². The maximum absolute atomic E-state index is 14.0. The first-order valence-electron chi connectivity index (χ1n) is 14.6. The highest BCUT2D eigenvalue weighted by Crippen LogP contribution is 2.42. The largest absolute Gasteiger partial charge is 0.495 e. The lowest BCUT2D eigenvalue weighted by Crippen LogP contribution is -2.45. The molecule has 5 rings (SSSR count). The summed E-state index contributed by atoms with van der Waals surface area (Å²) in [5, 5.41) is 4.33. The van der Waals surface area contributed by atoms with E-state index >= 15 is 0 Å². The summed E-state index contributed by atoms with van der Waals surface area (Å²) in [6, 6.07) is 15.1. The van der Waals surface area contributed by atoms with E-state index < -0.39 is 17.8 Å². The summed E-state index contributed by atoms with van der Waals surface area (Å²) in [6.07, 6.45) is -1.20. The lowest BCUT2D eigenvalue weighted by Gasteiger charge is -2.38. The Morgan fingerprint density at radius 2 is 1.77 bits per heavy atom. The number of nitrogens with zero attached hydrogens (tertiary/aromatic N) is 6. The van der Waals surface area contributed by atoms with Gasteiger partial charge in [-0.15, -0.1) is 0 Å². The standard InChI is InChI=1S/C31H40F3N7O2/c1-38(2)17-18-39(3)24-12-15-40(16-13-24)27-11-10-23(20-28(27)42-4)36-30-35-21-25(31(32,33)34)29(37-30)41-26(14-19-43-41)22-8-6-5-7-9-22/h5-11,20-21,24,26H,12-19H2,1-4H3,(H,35,36,37)/t26-/m0/s1. The molecule has 1 N–H and O–H groups in total. The molecule has 0 radical (unpaired) electrons. The number of ether oxygens (including phenoxy) is 1. The van der Waals surface area contributed by atoms with Gasteiger partial charge in [-0.1, -0.05) is 30.3 Å². The van der Waals surface area contributed by atoms with Crippen molar-refractivity contribution in [1.82, 2.24) is 19.8 Å². The van der Waals surface area contributed by atoms with Crippen LogP contribution in [-0.4, -0.2) is 86.8 Å². The summed E-state index contributed by atoms with van der Waals surface area (Å²) in [4.78, 5) is 21.0. The molecule has 0 amide bonds. The van der Waals surface area contributed by atoms with E-state index in [0.717, 1.165) is 56.5 Å². The molecule has 0 saturated carbocycles. The normalized spacial score (nSPS) is 18.1. The van der Waals surface area contributed by atoms with Crippen LogP contribution in [0.2, 0.25) is 0 Å². The second-order valence-electron chi connectivity index (χ2n) is 11.3.